The fourth-order valence-electron chi connectivity index (χ4n) is 3.87. The van der Waals surface area contributed by atoms with E-state index in [0.717, 1.165) is 31.2 Å². The van der Waals surface area contributed by atoms with Crippen molar-refractivity contribution in [2.75, 3.05) is 33.0 Å². The standard InChI is InChI=1S/C18H28N2O5S2/c1-25-18(9-11-20(12-10-18)26(2,21)22)14-19-27(23,24)17-8-7-15-5-3-4-6-16(15)13-17/h7-8,13,19H,3-6,9-12,14H2,1-2H3. The van der Waals surface area contributed by atoms with Gasteiger partial charge in [-0.25, -0.2) is 25.9 Å². The van der Waals surface area contributed by atoms with Crippen molar-refractivity contribution in [1.29, 1.82) is 0 Å². The van der Waals surface area contributed by atoms with E-state index < -0.39 is 25.6 Å². The van der Waals surface area contributed by atoms with E-state index >= 15 is 0 Å². The molecule has 7 nitrogen and oxygen atoms in total. The van der Waals surface area contributed by atoms with E-state index in [9.17, 15) is 16.8 Å². The van der Waals surface area contributed by atoms with Gasteiger partial charge < -0.3 is 4.74 Å². The largest absolute Gasteiger partial charge is 0.377 e. The molecule has 0 atom stereocenters. The SMILES string of the molecule is COC1(CNS(=O)(=O)c2ccc3c(c2)CCCC3)CCN(S(C)(=O)=O)CC1. The summed E-state index contributed by atoms with van der Waals surface area (Å²) in [7, 11) is -5.34. The van der Waals surface area contributed by atoms with Crippen LogP contribution in [0.5, 0.6) is 0 Å². The lowest BCUT2D eigenvalue weighted by molar-refractivity contribution is -0.0401. The van der Waals surface area contributed by atoms with E-state index in [1.807, 2.05) is 6.07 Å². The fourth-order valence-corrected chi connectivity index (χ4v) is 5.88. The molecule has 3 rings (SSSR count). The molecule has 152 valence electrons. The molecule has 1 aliphatic heterocycles. The normalized spacial score (nSPS) is 21.0. The number of nitrogens with zero attached hydrogens (tertiary/aromatic N) is 1. The van der Waals surface area contributed by atoms with Crippen LogP contribution in [0.2, 0.25) is 0 Å². The van der Waals surface area contributed by atoms with Crippen molar-refractivity contribution in [3.63, 3.8) is 0 Å². The van der Waals surface area contributed by atoms with Crippen molar-refractivity contribution >= 4 is 20.0 Å². The second-order valence-electron chi connectivity index (χ2n) is 7.51. The second-order valence-corrected chi connectivity index (χ2v) is 11.3. The number of ether oxygens (including phenoxy) is 1. The summed E-state index contributed by atoms with van der Waals surface area (Å²) < 4.78 is 58.6. The Morgan fingerprint density at radius 3 is 2.30 bits per heavy atom. The van der Waals surface area contributed by atoms with Gasteiger partial charge in [0.1, 0.15) is 0 Å². The van der Waals surface area contributed by atoms with Crippen molar-refractivity contribution in [3.8, 4) is 0 Å². The average Bonchev–Trinajstić information content (AvgIpc) is 2.65. The predicted octanol–water partition coefficient (Wildman–Crippen LogP) is 1.28. The Kier molecular flexibility index (Phi) is 5.98. The molecule has 1 N–H and O–H groups in total. The third-order valence-electron chi connectivity index (χ3n) is 5.75. The van der Waals surface area contributed by atoms with E-state index in [4.69, 9.17) is 4.74 Å². The van der Waals surface area contributed by atoms with Gasteiger partial charge in [-0.2, -0.15) is 0 Å². The predicted molar refractivity (Wildman–Crippen MR) is 104 cm³/mol. The van der Waals surface area contributed by atoms with E-state index in [1.54, 1.807) is 19.2 Å². The minimum atomic E-state index is -3.65. The lowest BCUT2D eigenvalue weighted by Gasteiger charge is -2.39. The quantitative estimate of drug-likeness (QED) is 0.754. The lowest BCUT2D eigenvalue weighted by atomic mass is 9.92. The molecule has 1 fully saturated rings. The van der Waals surface area contributed by atoms with Crippen LogP contribution < -0.4 is 4.72 Å². The molecule has 27 heavy (non-hydrogen) atoms. The highest BCUT2D eigenvalue weighted by Crippen LogP contribution is 2.28. The zero-order chi connectivity index (χ0) is 19.7. The molecule has 1 heterocycles. The van der Waals surface area contributed by atoms with Crippen molar-refractivity contribution in [2.24, 2.45) is 0 Å². The number of aryl methyl sites for hydroxylation is 2. The van der Waals surface area contributed by atoms with Crippen molar-refractivity contribution in [1.82, 2.24) is 9.03 Å². The Balaban J connectivity index is 1.69. The molecule has 0 saturated carbocycles. The van der Waals surface area contributed by atoms with Crippen LogP contribution in [0.3, 0.4) is 0 Å². The Morgan fingerprint density at radius 1 is 1.07 bits per heavy atom. The number of fused-ring (bicyclic) bond motifs is 1. The maximum absolute atomic E-state index is 12.8. The molecule has 1 aromatic rings. The van der Waals surface area contributed by atoms with Gasteiger partial charge in [0.2, 0.25) is 20.0 Å². The van der Waals surface area contributed by atoms with Crippen LogP contribution in [0, 0.1) is 0 Å². The van der Waals surface area contributed by atoms with Gasteiger partial charge in [-0.1, -0.05) is 6.07 Å². The van der Waals surface area contributed by atoms with Crippen molar-refractivity contribution in [2.45, 2.75) is 49.0 Å². The van der Waals surface area contributed by atoms with E-state index in [0.29, 0.717) is 25.9 Å². The first-order valence-electron chi connectivity index (χ1n) is 9.27. The molecule has 0 aromatic heterocycles. The van der Waals surface area contributed by atoms with Crippen molar-refractivity contribution in [3.05, 3.63) is 29.3 Å². The van der Waals surface area contributed by atoms with Gasteiger partial charge in [-0.15, -0.1) is 0 Å². The number of piperidine rings is 1. The summed E-state index contributed by atoms with van der Waals surface area (Å²) >= 11 is 0. The van der Waals surface area contributed by atoms with Crippen LogP contribution in [-0.4, -0.2) is 59.7 Å². The number of nitrogens with one attached hydrogen (secondary N) is 1. The van der Waals surface area contributed by atoms with Crippen molar-refractivity contribution < 1.29 is 21.6 Å². The van der Waals surface area contributed by atoms with Gasteiger partial charge >= 0.3 is 0 Å². The van der Waals surface area contributed by atoms with E-state index in [1.165, 1.54) is 16.1 Å². The molecule has 1 aromatic carbocycles. The smallest absolute Gasteiger partial charge is 0.240 e. The molecule has 0 unspecified atom stereocenters. The highest BCUT2D eigenvalue weighted by Gasteiger charge is 2.38. The summed E-state index contributed by atoms with van der Waals surface area (Å²) in [5.74, 6) is 0. The first kappa shape index (κ1) is 20.7. The van der Waals surface area contributed by atoms with Gasteiger partial charge in [0, 0.05) is 26.7 Å². The Labute approximate surface area is 162 Å². The first-order chi connectivity index (χ1) is 12.7. The summed E-state index contributed by atoms with van der Waals surface area (Å²) in [6.07, 6.45) is 6.25. The first-order valence-corrected chi connectivity index (χ1v) is 12.6. The maximum Gasteiger partial charge on any atom is 0.240 e. The fraction of sp³-hybridized carbons (Fsp3) is 0.667. The summed E-state index contributed by atoms with van der Waals surface area (Å²) in [6.45, 7) is 0.779. The number of rotatable bonds is 6. The summed E-state index contributed by atoms with van der Waals surface area (Å²) in [5.41, 5.74) is 1.66. The topological polar surface area (TPSA) is 92.8 Å². The van der Waals surface area contributed by atoms with Crippen LogP contribution in [0.15, 0.2) is 23.1 Å². The van der Waals surface area contributed by atoms with Crippen LogP contribution in [0.1, 0.15) is 36.8 Å². The Bertz CT molecular complexity index is 888. The molecule has 0 radical (unpaired) electrons. The zero-order valence-corrected chi connectivity index (χ0v) is 17.5. The monoisotopic (exact) mass is 416 g/mol. The molecule has 1 aliphatic carbocycles. The Morgan fingerprint density at radius 2 is 1.70 bits per heavy atom. The number of sulfonamides is 2. The number of hydrogen-bond donors (Lipinski definition) is 1. The van der Waals surface area contributed by atoms with Crippen LogP contribution in [-0.2, 0) is 37.6 Å². The highest BCUT2D eigenvalue weighted by atomic mass is 32.2. The summed E-state index contributed by atoms with van der Waals surface area (Å²) in [4.78, 5) is 0.281. The van der Waals surface area contributed by atoms with E-state index in [2.05, 4.69) is 4.72 Å². The minimum Gasteiger partial charge on any atom is -0.377 e. The molecule has 0 spiro atoms. The maximum atomic E-state index is 12.8. The van der Waals surface area contributed by atoms with Gasteiger partial charge in [0.15, 0.2) is 0 Å². The molecule has 1 saturated heterocycles. The number of benzene rings is 1. The van der Waals surface area contributed by atoms with E-state index in [-0.39, 0.29) is 11.4 Å². The summed E-state index contributed by atoms with van der Waals surface area (Å²) in [6, 6.07) is 5.36. The average molecular weight is 417 g/mol. The van der Waals surface area contributed by atoms with Crippen LogP contribution in [0.4, 0.5) is 0 Å². The molecular weight excluding hydrogens is 388 g/mol. The second kappa shape index (κ2) is 7.79. The van der Waals surface area contributed by atoms with Gasteiger partial charge in [0.05, 0.1) is 16.8 Å². The molecule has 0 amide bonds. The Hall–Kier alpha value is -1.00. The van der Waals surface area contributed by atoms with Gasteiger partial charge in [0.25, 0.3) is 0 Å². The summed E-state index contributed by atoms with van der Waals surface area (Å²) in [5, 5.41) is 0. The molecular formula is C18H28N2O5S2. The molecule has 9 heteroatoms. The molecule has 2 aliphatic rings. The van der Waals surface area contributed by atoms with Gasteiger partial charge in [-0.3, -0.25) is 0 Å². The third-order valence-corrected chi connectivity index (χ3v) is 8.45. The highest BCUT2D eigenvalue weighted by molar-refractivity contribution is 7.89. The minimum absolute atomic E-state index is 0.126. The number of hydrogen-bond acceptors (Lipinski definition) is 5. The lowest BCUT2D eigenvalue weighted by Crippen LogP contribution is -2.52. The van der Waals surface area contributed by atoms with Crippen LogP contribution in [0.25, 0.3) is 0 Å². The third kappa shape index (κ3) is 4.71. The molecule has 0 bridgehead atoms. The zero-order valence-electron chi connectivity index (χ0n) is 15.9. The number of methoxy groups -OCH3 is 1. The van der Waals surface area contributed by atoms with Crippen LogP contribution >= 0.6 is 0 Å². The van der Waals surface area contributed by atoms with Gasteiger partial charge in [-0.05, 0) is 61.8 Å².